The fourth-order valence-electron chi connectivity index (χ4n) is 1.94. The van der Waals surface area contributed by atoms with Crippen molar-refractivity contribution in [3.63, 3.8) is 0 Å². The van der Waals surface area contributed by atoms with E-state index in [2.05, 4.69) is 31.1 Å². The van der Waals surface area contributed by atoms with E-state index in [0.29, 0.717) is 12.3 Å². The van der Waals surface area contributed by atoms with E-state index in [1.165, 1.54) is 0 Å². The smallest absolute Gasteiger partial charge is 0.224 e. The van der Waals surface area contributed by atoms with E-state index in [1.54, 1.807) is 6.20 Å². The molecule has 0 radical (unpaired) electrons. The molecule has 0 saturated heterocycles. The summed E-state index contributed by atoms with van der Waals surface area (Å²) in [5, 5.41) is 3.09. The molecule has 0 bridgehead atoms. The number of aromatic nitrogens is 1. The number of carbonyl (C=O) groups is 1. The van der Waals surface area contributed by atoms with Crippen LogP contribution >= 0.6 is 0 Å². The first kappa shape index (κ1) is 15.4. The molecule has 1 N–H and O–H groups in total. The molecule has 1 atom stereocenters. The fourth-order valence-corrected chi connectivity index (χ4v) is 1.94. The van der Waals surface area contributed by atoms with Crippen LogP contribution in [0.2, 0.25) is 0 Å². The monoisotopic (exact) mass is 260 g/mol. The molecule has 0 spiro atoms. The first-order chi connectivity index (χ1) is 9.13. The molecule has 19 heavy (non-hydrogen) atoms. The lowest BCUT2D eigenvalue weighted by atomic mass is 9.98. The molecule has 1 aromatic rings. The number of carbonyl (C=O) groups excluding carboxylic acids is 1. The maximum atomic E-state index is 11.9. The topological polar surface area (TPSA) is 42.0 Å². The summed E-state index contributed by atoms with van der Waals surface area (Å²) in [6, 6.07) is 3.98. The molecule has 1 heterocycles. The third kappa shape index (κ3) is 6.18. The van der Waals surface area contributed by atoms with Crippen LogP contribution in [0.25, 0.3) is 0 Å². The van der Waals surface area contributed by atoms with E-state index in [0.717, 1.165) is 18.4 Å². The predicted molar refractivity (Wildman–Crippen MR) is 78.6 cm³/mol. The van der Waals surface area contributed by atoms with Gasteiger partial charge in [0.05, 0.1) is 6.04 Å². The quantitative estimate of drug-likeness (QED) is 0.760. The number of hydrogen-bond donors (Lipinski definition) is 1. The predicted octanol–water partition coefficient (Wildman–Crippen LogP) is 3.64. The van der Waals surface area contributed by atoms with Gasteiger partial charge in [-0.15, -0.1) is 0 Å². The van der Waals surface area contributed by atoms with Crippen LogP contribution in [0.5, 0.6) is 0 Å². The Morgan fingerprint density at radius 3 is 2.79 bits per heavy atom. The molecule has 104 valence electrons. The lowest BCUT2D eigenvalue weighted by Gasteiger charge is -2.20. The highest BCUT2D eigenvalue weighted by atomic mass is 16.1. The van der Waals surface area contributed by atoms with Crippen molar-refractivity contribution in [3.8, 4) is 0 Å². The Kier molecular flexibility index (Phi) is 6.86. The number of nitrogens with zero attached hydrogens (tertiary/aromatic N) is 1. The van der Waals surface area contributed by atoms with Gasteiger partial charge in [-0.05, 0) is 30.4 Å². The molecule has 0 aliphatic carbocycles. The van der Waals surface area contributed by atoms with Gasteiger partial charge in [0.2, 0.25) is 5.91 Å². The SMILES string of the molecule is CC/C=C/CC(=O)N[C@@H](CC(C)C)c1cccnc1. The van der Waals surface area contributed by atoms with Gasteiger partial charge in [0, 0.05) is 18.8 Å². The standard InChI is InChI=1S/C16H24N2O/c1-4-5-6-9-16(19)18-15(11-13(2)3)14-8-7-10-17-12-14/h5-8,10,12-13,15H,4,9,11H2,1-3H3,(H,18,19)/b6-5+/t15-/m0/s1. The molecule has 3 heteroatoms. The maximum absolute atomic E-state index is 11.9. The highest BCUT2D eigenvalue weighted by Crippen LogP contribution is 2.20. The van der Waals surface area contributed by atoms with Crippen LogP contribution in [0.15, 0.2) is 36.7 Å². The van der Waals surface area contributed by atoms with Gasteiger partial charge in [0.15, 0.2) is 0 Å². The first-order valence-corrected chi connectivity index (χ1v) is 6.97. The summed E-state index contributed by atoms with van der Waals surface area (Å²) >= 11 is 0. The molecule has 0 unspecified atom stereocenters. The third-order valence-corrected chi connectivity index (χ3v) is 2.83. The highest BCUT2D eigenvalue weighted by molar-refractivity contribution is 5.77. The van der Waals surface area contributed by atoms with Crippen molar-refractivity contribution >= 4 is 5.91 Å². The lowest BCUT2D eigenvalue weighted by molar-refractivity contribution is -0.121. The van der Waals surface area contributed by atoms with Crippen LogP contribution in [0.3, 0.4) is 0 Å². The molecule has 0 aromatic carbocycles. The van der Waals surface area contributed by atoms with Gasteiger partial charge in [-0.1, -0.05) is 39.0 Å². The van der Waals surface area contributed by atoms with E-state index in [4.69, 9.17) is 0 Å². The van der Waals surface area contributed by atoms with E-state index in [9.17, 15) is 4.79 Å². The van der Waals surface area contributed by atoms with Crippen LogP contribution in [-0.4, -0.2) is 10.9 Å². The molecule has 0 aliphatic heterocycles. The Labute approximate surface area is 116 Å². The van der Waals surface area contributed by atoms with Crippen molar-refractivity contribution in [1.29, 1.82) is 0 Å². The van der Waals surface area contributed by atoms with Gasteiger partial charge in [0.1, 0.15) is 0 Å². The number of rotatable bonds is 7. The van der Waals surface area contributed by atoms with Crippen molar-refractivity contribution in [2.24, 2.45) is 5.92 Å². The summed E-state index contributed by atoms with van der Waals surface area (Å²) in [4.78, 5) is 16.0. The number of nitrogens with one attached hydrogen (secondary N) is 1. The second-order valence-corrected chi connectivity index (χ2v) is 5.12. The molecule has 1 amide bonds. The maximum Gasteiger partial charge on any atom is 0.224 e. The summed E-state index contributed by atoms with van der Waals surface area (Å²) in [6.07, 6.45) is 9.85. The zero-order valence-corrected chi connectivity index (χ0v) is 12.1. The molecule has 1 aromatic heterocycles. The van der Waals surface area contributed by atoms with E-state index < -0.39 is 0 Å². The van der Waals surface area contributed by atoms with Crippen LogP contribution < -0.4 is 5.32 Å². The fraction of sp³-hybridized carbons (Fsp3) is 0.500. The Balaban J connectivity index is 2.65. The Hall–Kier alpha value is -1.64. The molecule has 0 fully saturated rings. The second-order valence-electron chi connectivity index (χ2n) is 5.12. The lowest BCUT2D eigenvalue weighted by Crippen LogP contribution is -2.29. The molecule has 0 aliphatic rings. The van der Waals surface area contributed by atoms with Gasteiger partial charge in [-0.25, -0.2) is 0 Å². The Bertz CT molecular complexity index is 398. The summed E-state index contributed by atoms with van der Waals surface area (Å²) in [5.41, 5.74) is 1.07. The van der Waals surface area contributed by atoms with Crippen molar-refractivity contribution in [2.45, 2.75) is 46.1 Å². The average molecular weight is 260 g/mol. The number of allylic oxidation sites excluding steroid dienone is 1. The van der Waals surface area contributed by atoms with Crippen LogP contribution in [-0.2, 0) is 4.79 Å². The van der Waals surface area contributed by atoms with Gasteiger partial charge in [0.25, 0.3) is 0 Å². The van der Waals surface area contributed by atoms with Crippen LogP contribution in [0.4, 0.5) is 0 Å². The number of hydrogen-bond acceptors (Lipinski definition) is 2. The largest absolute Gasteiger partial charge is 0.349 e. The zero-order valence-electron chi connectivity index (χ0n) is 12.1. The minimum Gasteiger partial charge on any atom is -0.349 e. The summed E-state index contributed by atoms with van der Waals surface area (Å²) in [7, 11) is 0. The van der Waals surface area contributed by atoms with Crippen LogP contribution in [0.1, 0.15) is 51.6 Å². The minimum atomic E-state index is 0.0521. The zero-order chi connectivity index (χ0) is 14.1. The van der Waals surface area contributed by atoms with Crippen molar-refractivity contribution in [3.05, 3.63) is 42.2 Å². The third-order valence-electron chi connectivity index (χ3n) is 2.83. The highest BCUT2D eigenvalue weighted by Gasteiger charge is 2.15. The van der Waals surface area contributed by atoms with E-state index in [1.807, 2.05) is 30.5 Å². The van der Waals surface area contributed by atoms with Crippen molar-refractivity contribution in [1.82, 2.24) is 10.3 Å². The van der Waals surface area contributed by atoms with Crippen molar-refractivity contribution < 1.29 is 4.79 Å². The van der Waals surface area contributed by atoms with Crippen molar-refractivity contribution in [2.75, 3.05) is 0 Å². The average Bonchev–Trinajstić information content (AvgIpc) is 2.39. The van der Waals surface area contributed by atoms with Crippen LogP contribution in [0, 0.1) is 5.92 Å². The minimum absolute atomic E-state index is 0.0521. The molecular weight excluding hydrogens is 236 g/mol. The van der Waals surface area contributed by atoms with Gasteiger partial charge in [-0.3, -0.25) is 9.78 Å². The summed E-state index contributed by atoms with van der Waals surface area (Å²) < 4.78 is 0. The number of amides is 1. The Morgan fingerprint density at radius 2 is 2.21 bits per heavy atom. The second kappa shape index (κ2) is 8.46. The molecular formula is C16H24N2O. The normalized spacial score (nSPS) is 12.8. The summed E-state index contributed by atoms with van der Waals surface area (Å²) in [6.45, 7) is 6.38. The van der Waals surface area contributed by atoms with Gasteiger partial charge >= 0.3 is 0 Å². The van der Waals surface area contributed by atoms with Gasteiger partial charge < -0.3 is 5.32 Å². The summed E-state index contributed by atoms with van der Waals surface area (Å²) in [5.74, 6) is 0.593. The number of pyridine rings is 1. The first-order valence-electron chi connectivity index (χ1n) is 6.97. The molecule has 1 rings (SSSR count). The van der Waals surface area contributed by atoms with Gasteiger partial charge in [-0.2, -0.15) is 0 Å². The van der Waals surface area contributed by atoms with E-state index in [-0.39, 0.29) is 11.9 Å². The Morgan fingerprint density at radius 1 is 1.42 bits per heavy atom. The van der Waals surface area contributed by atoms with E-state index >= 15 is 0 Å². The molecule has 3 nitrogen and oxygen atoms in total. The molecule has 0 saturated carbocycles.